The van der Waals surface area contributed by atoms with Crippen molar-refractivity contribution in [2.75, 3.05) is 7.11 Å². The molecule has 5 rings (SSSR count). The van der Waals surface area contributed by atoms with E-state index in [1.165, 1.54) is 25.3 Å². The number of methoxy groups -OCH3 is 1. The van der Waals surface area contributed by atoms with Crippen LogP contribution in [0.3, 0.4) is 0 Å². The van der Waals surface area contributed by atoms with E-state index in [0.29, 0.717) is 22.3 Å². The van der Waals surface area contributed by atoms with Crippen molar-refractivity contribution < 1.29 is 31.1 Å². The van der Waals surface area contributed by atoms with Crippen molar-refractivity contribution in [3.05, 3.63) is 102 Å². The molecule has 0 N–H and O–H groups in total. The maximum atomic E-state index is 14.9. The lowest BCUT2D eigenvalue weighted by atomic mass is 9.85. The first-order valence-corrected chi connectivity index (χ1v) is 10.1. The summed E-state index contributed by atoms with van der Waals surface area (Å²) < 4.78 is 91.4. The highest BCUT2D eigenvalue weighted by Crippen LogP contribution is 2.46. The number of hydrogen-bond donors (Lipinski definition) is 0. The second-order valence-electron chi connectivity index (χ2n) is 7.66. The second kappa shape index (κ2) is 8.09. The average Bonchev–Trinajstić information content (AvgIpc) is 2.86. The second-order valence-corrected chi connectivity index (χ2v) is 7.66. The fourth-order valence-corrected chi connectivity index (χ4v) is 4.31. The Morgan fingerprint density at radius 3 is 1.62 bits per heavy atom. The first kappa shape index (κ1) is 21.8. The van der Waals surface area contributed by atoms with Gasteiger partial charge in [-0.05, 0) is 56.9 Å². The Bertz CT molecular complexity index is 1560. The van der Waals surface area contributed by atoms with E-state index in [9.17, 15) is 26.3 Å². The van der Waals surface area contributed by atoms with Crippen molar-refractivity contribution in [1.29, 1.82) is 0 Å². The van der Waals surface area contributed by atoms with Gasteiger partial charge in [0.1, 0.15) is 11.6 Å². The molecule has 7 heteroatoms. The first-order valence-electron chi connectivity index (χ1n) is 10.1. The quantitative estimate of drug-likeness (QED) is 0.112. The molecule has 1 nitrogen and oxygen atoms in total. The predicted molar refractivity (Wildman–Crippen MR) is 119 cm³/mol. The summed E-state index contributed by atoms with van der Waals surface area (Å²) in [6.45, 7) is 0. The van der Waals surface area contributed by atoms with Crippen LogP contribution < -0.4 is 4.74 Å². The molecular formula is C27H14F6O. The zero-order valence-corrected chi connectivity index (χ0v) is 17.5. The number of fused-ring (bicyclic) bond motifs is 2. The summed E-state index contributed by atoms with van der Waals surface area (Å²) in [5.41, 5.74) is -0.0851. The highest BCUT2D eigenvalue weighted by Gasteiger charge is 2.29. The number of benzene rings is 5. The van der Waals surface area contributed by atoms with Crippen molar-refractivity contribution in [1.82, 2.24) is 0 Å². The highest BCUT2D eigenvalue weighted by molar-refractivity contribution is 6.21. The lowest BCUT2D eigenvalue weighted by Gasteiger charge is -2.19. The minimum Gasteiger partial charge on any atom is -0.497 e. The predicted octanol–water partition coefficient (Wildman–Crippen LogP) is 8.17. The Hall–Kier alpha value is -4.00. The Kier molecular flexibility index (Phi) is 5.20. The van der Waals surface area contributed by atoms with E-state index in [1.54, 1.807) is 42.5 Å². The molecule has 170 valence electrons. The van der Waals surface area contributed by atoms with Crippen molar-refractivity contribution >= 4 is 21.5 Å². The summed E-state index contributed by atoms with van der Waals surface area (Å²) in [6.07, 6.45) is 0. The molecule has 5 aromatic carbocycles. The van der Waals surface area contributed by atoms with Gasteiger partial charge in [0.15, 0.2) is 23.3 Å². The Labute approximate surface area is 189 Å². The number of ether oxygens (including phenoxy) is 1. The van der Waals surface area contributed by atoms with E-state index < -0.39 is 40.5 Å². The Balaban J connectivity index is 2.01. The van der Waals surface area contributed by atoms with Crippen LogP contribution in [0.1, 0.15) is 0 Å². The third-order valence-corrected chi connectivity index (χ3v) is 5.82. The van der Waals surface area contributed by atoms with Crippen LogP contribution >= 0.6 is 0 Å². The lowest BCUT2D eigenvalue weighted by molar-refractivity contribution is 0.381. The Morgan fingerprint density at radius 2 is 1.03 bits per heavy atom. The van der Waals surface area contributed by atoms with Gasteiger partial charge in [-0.2, -0.15) is 0 Å². The third-order valence-electron chi connectivity index (χ3n) is 5.82. The minimum atomic E-state index is -2.24. The molecule has 0 aliphatic heterocycles. The van der Waals surface area contributed by atoms with Crippen LogP contribution in [0, 0.1) is 34.9 Å². The van der Waals surface area contributed by atoms with Gasteiger partial charge in [0.25, 0.3) is 0 Å². The van der Waals surface area contributed by atoms with Crippen molar-refractivity contribution in [3.63, 3.8) is 0 Å². The lowest BCUT2D eigenvalue weighted by Crippen LogP contribution is -2.05. The van der Waals surface area contributed by atoms with E-state index in [2.05, 4.69) is 0 Å². The molecule has 0 unspecified atom stereocenters. The topological polar surface area (TPSA) is 9.23 Å². The first-order chi connectivity index (χ1) is 16.3. The maximum absolute atomic E-state index is 14.9. The van der Waals surface area contributed by atoms with Crippen molar-refractivity contribution in [2.24, 2.45) is 0 Å². The number of halogens is 6. The molecule has 0 heterocycles. The van der Waals surface area contributed by atoms with Crippen LogP contribution in [0.15, 0.2) is 66.7 Å². The van der Waals surface area contributed by atoms with Gasteiger partial charge < -0.3 is 4.74 Å². The van der Waals surface area contributed by atoms with Gasteiger partial charge in [0.2, 0.25) is 5.82 Å². The monoisotopic (exact) mass is 468 g/mol. The smallest absolute Gasteiger partial charge is 0.200 e. The molecule has 0 bridgehead atoms. The van der Waals surface area contributed by atoms with E-state index in [1.807, 2.05) is 0 Å². The molecular weight excluding hydrogens is 454 g/mol. The summed E-state index contributed by atoms with van der Waals surface area (Å²) in [5.74, 6) is -10.3. The molecule has 0 aromatic heterocycles. The zero-order chi connectivity index (χ0) is 24.1. The van der Waals surface area contributed by atoms with Gasteiger partial charge in [-0.15, -0.1) is 0 Å². The molecule has 5 aromatic rings. The van der Waals surface area contributed by atoms with Gasteiger partial charge in [0.05, 0.1) is 12.7 Å². The van der Waals surface area contributed by atoms with E-state index in [4.69, 9.17) is 4.74 Å². The molecule has 0 fully saturated rings. The fourth-order valence-electron chi connectivity index (χ4n) is 4.31. The van der Waals surface area contributed by atoms with E-state index in [0.717, 1.165) is 6.07 Å². The SMILES string of the molecule is COc1ccc(-c2c3ccccc3c(-c3c(F)c(F)c(F)c(F)c3F)c3ccc(F)cc23)cc1. The number of hydrogen-bond acceptors (Lipinski definition) is 1. The summed E-state index contributed by atoms with van der Waals surface area (Å²) in [7, 11) is 1.51. The summed E-state index contributed by atoms with van der Waals surface area (Å²) in [5, 5.41) is 1.08. The van der Waals surface area contributed by atoms with Gasteiger partial charge in [-0.25, -0.2) is 26.3 Å². The number of rotatable bonds is 3. The summed E-state index contributed by atoms with van der Waals surface area (Å²) >= 11 is 0. The molecule has 0 aliphatic carbocycles. The zero-order valence-electron chi connectivity index (χ0n) is 17.5. The van der Waals surface area contributed by atoms with Crippen LogP contribution in [0.2, 0.25) is 0 Å². The van der Waals surface area contributed by atoms with E-state index >= 15 is 0 Å². The molecule has 0 spiro atoms. The van der Waals surface area contributed by atoms with Crippen LogP contribution in [0.5, 0.6) is 5.75 Å². The maximum Gasteiger partial charge on any atom is 0.200 e. The van der Waals surface area contributed by atoms with Crippen molar-refractivity contribution in [2.45, 2.75) is 0 Å². The molecule has 0 radical (unpaired) electrons. The molecule has 0 aliphatic rings. The van der Waals surface area contributed by atoms with Gasteiger partial charge in [0, 0.05) is 5.56 Å². The van der Waals surface area contributed by atoms with Crippen LogP contribution in [0.25, 0.3) is 43.8 Å². The summed E-state index contributed by atoms with van der Waals surface area (Å²) in [4.78, 5) is 0. The Morgan fingerprint density at radius 1 is 0.500 bits per heavy atom. The summed E-state index contributed by atoms with van der Waals surface area (Å²) in [6, 6.07) is 16.8. The van der Waals surface area contributed by atoms with E-state index in [-0.39, 0.29) is 21.7 Å². The van der Waals surface area contributed by atoms with Crippen molar-refractivity contribution in [3.8, 4) is 28.0 Å². The molecule has 0 saturated heterocycles. The molecule has 34 heavy (non-hydrogen) atoms. The van der Waals surface area contributed by atoms with Crippen LogP contribution in [-0.4, -0.2) is 7.11 Å². The third kappa shape index (κ3) is 3.19. The molecule has 0 saturated carbocycles. The minimum absolute atomic E-state index is 0.133. The highest BCUT2D eigenvalue weighted by atomic mass is 19.2. The molecule has 0 amide bonds. The van der Waals surface area contributed by atoms with Gasteiger partial charge in [-0.1, -0.05) is 42.5 Å². The molecule has 0 atom stereocenters. The largest absolute Gasteiger partial charge is 0.497 e. The van der Waals surface area contributed by atoms with Crippen LogP contribution in [-0.2, 0) is 0 Å². The van der Waals surface area contributed by atoms with Gasteiger partial charge >= 0.3 is 0 Å². The van der Waals surface area contributed by atoms with Gasteiger partial charge in [-0.3, -0.25) is 0 Å². The van der Waals surface area contributed by atoms with Crippen LogP contribution in [0.4, 0.5) is 26.3 Å². The average molecular weight is 468 g/mol. The normalized spacial score (nSPS) is 11.4. The fraction of sp³-hybridized carbons (Fsp3) is 0.0370. The standard InChI is InChI=1S/C27H14F6O/c1-34-15-9-6-13(7-10-15)20-16-4-2-3-5-17(16)21(18-11-8-14(28)12-19(18)20)22-23(29)25(31)27(33)26(32)24(22)30/h2-12H,1H3.